The molecule has 88 valence electrons. The van der Waals surface area contributed by atoms with Gasteiger partial charge in [-0.15, -0.1) is 0 Å². The van der Waals surface area contributed by atoms with Gasteiger partial charge in [-0.05, 0) is 18.2 Å². The molecule has 0 aromatic heterocycles. The Morgan fingerprint density at radius 2 is 1.76 bits per heavy atom. The van der Waals surface area contributed by atoms with E-state index in [9.17, 15) is 8.78 Å². The first kappa shape index (κ1) is 11.4. The van der Waals surface area contributed by atoms with E-state index in [0.29, 0.717) is 5.69 Å². The van der Waals surface area contributed by atoms with Gasteiger partial charge in [-0.2, -0.15) is 0 Å². The molecule has 2 N–H and O–H groups in total. The van der Waals surface area contributed by atoms with Gasteiger partial charge in [-0.3, -0.25) is 0 Å². The minimum Gasteiger partial charge on any atom is -0.489 e. The second kappa shape index (κ2) is 4.82. The molecule has 0 heterocycles. The summed E-state index contributed by atoms with van der Waals surface area (Å²) in [5.41, 5.74) is 7.13. The highest BCUT2D eigenvalue weighted by Gasteiger charge is 2.04. The van der Waals surface area contributed by atoms with Crippen LogP contribution < -0.4 is 10.5 Å². The molecule has 0 fully saturated rings. The van der Waals surface area contributed by atoms with Crippen molar-refractivity contribution in [1.29, 1.82) is 0 Å². The molecule has 0 unspecified atom stereocenters. The summed E-state index contributed by atoms with van der Waals surface area (Å²) in [5.74, 6) is -1.55. The third-order valence-electron chi connectivity index (χ3n) is 2.34. The van der Waals surface area contributed by atoms with Crippen LogP contribution in [0.25, 0.3) is 0 Å². The number of hydrogen-bond acceptors (Lipinski definition) is 2. The topological polar surface area (TPSA) is 35.2 Å². The van der Waals surface area contributed by atoms with E-state index in [2.05, 4.69) is 0 Å². The number of hydrogen-bond donors (Lipinski definition) is 1. The van der Waals surface area contributed by atoms with E-state index in [1.165, 1.54) is 6.07 Å². The van der Waals surface area contributed by atoms with E-state index >= 15 is 0 Å². The highest BCUT2D eigenvalue weighted by molar-refractivity contribution is 5.46. The zero-order chi connectivity index (χ0) is 12.3. The fraction of sp³-hybridized carbons (Fsp3) is 0.0769. The minimum absolute atomic E-state index is 0.220. The van der Waals surface area contributed by atoms with Gasteiger partial charge in [0.15, 0.2) is 11.6 Å². The van der Waals surface area contributed by atoms with E-state index in [-0.39, 0.29) is 12.4 Å². The molecule has 0 saturated heterocycles. The Balaban J connectivity index is 2.08. The molecule has 0 aliphatic heterocycles. The van der Waals surface area contributed by atoms with Crippen LogP contribution in [-0.2, 0) is 6.61 Å². The van der Waals surface area contributed by atoms with Gasteiger partial charge in [-0.25, -0.2) is 8.78 Å². The summed E-state index contributed by atoms with van der Waals surface area (Å²) in [7, 11) is 0. The van der Waals surface area contributed by atoms with E-state index in [0.717, 1.165) is 17.7 Å². The van der Waals surface area contributed by atoms with E-state index in [1.807, 2.05) is 18.2 Å². The Labute approximate surface area is 97.6 Å². The van der Waals surface area contributed by atoms with Crippen LogP contribution in [0.4, 0.5) is 14.5 Å². The van der Waals surface area contributed by atoms with E-state index in [1.54, 1.807) is 6.07 Å². The maximum atomic E-state index is 12.9. The predicted octanol–water partition coefficient (Wildman–Crippen LogP) is 3.13. The average molecular weight is 235 g/mol. The summed E-state index contributed by atoms with van der Waals surface area (Å²) in [5, 5.41) is 0. The smallest absolute Gasteiger partial charge is 0.162 e. The first-order valence-corrected chi connectivity index (χ1v) is 5.08. The van der Waals surface area contributed by atoms with Gasteiger partial charge in [0.05, 0.1) is 0 Å². The van der Waals surface area contributed by atoms with Crippen LogP contribution in [0.3, 0.4) is 0 Å². The van der Waals surface area contributed by atoms with Crippen molar-refractivity contribution in [3.63, 3.8) is 0 Å². The van der Waals surface area contributed by atoms with Crippen molar-refractivity contribution in [2.45, 2.75) is 6.61 Å². The van der Waals surface area contributed by atoms with Crippen molar-refractivity contribution in [2.75, 3.05) is 5.73 Å². The van der Waals surface area contributed by atoms with Crippen molar-refractivity contribution in [3.05, 3.63) is 59.7 Å². The van der Waals surface area contributed by atoms with Crippen molar-refractivity contribution >= 4 is 5.69 Å². The van der Waals surface area contributed by atoms with Crippen LogP contribution in [0.1, 0.15) is 5.56 Å². The van der Waals surface area contributed by atoms with Gasteiger partial charge < -0.3 is 10.5 Å². The molecule has 17 heavy (non-hydrogen) atoms. The molecule has 2 aromatic carbocycles. The lowest BCUT2D eigenvalue weighted by Gasteiger charge is -2.08. The quantitative estimate of drug-likeness (QED) is 0.829. The lowest BCUT2D eigenvalue weighted by Crippen LogP contribution is -2.00. The van der Waals surface area contributed by atoms with Gasteiger partial charge >= 0.3 is 0 Å². The van der Waals surface area contributed by atoms with Crippen molar-refractivity contribution in [3.8, 4) is 5.75 Å². The third-order valence-corrected chi connectivity index (χ3v) is 2.34. The Morgan fingerprint density at radius 3 is 2.47 bits per heavy atom. The van der Waals surface area contributed by atoms with E-state index < -0.39 is 11.6 Å². The zero-order valence-electron chi connectivity index (χ0n) is 8.99. The van der Waals surface area contributed by atoms with Crippen molar-refractivity contribution < 1.29 is 13.5 Å². The lowest BCUT2D eigenvalue weighted by molar-refractivity contribution is 0.304. The Bertz CT molecular complexity index is 529. The van der Waals surface area contributed by atoms with Gasteiger partial charge in [0.2, 0.25) is 0 Å². The molecule has 0 radical (unpaired) electrons. The molecule has 0 spiro atoms. The minimum atomic E-state index is -0.927. The SMILES string of the molecule is Nc1ccccc1COc1ccc(F)c(F)c1. The van der Waals surface area contributed by atoms with Crippen molar-refractivity contribution in [2.24, 2.45) is 0 Å². The normalized spacial score (nSPS) is 10.2. The Hall–Kier alpha value is -2.10. The lowest BCUT2D eigenvalue weighted by atomic mass is 10.2. The summed E-state index contributed by atoms with van der Waals surface area (Å²) < 4.78 is 30.9. The number of rotatable bonds is 3. The number of halogens is 2. The molecule has 0 aliphatic carbocycles. The summed E-state index contributed by atoms with van der Waals surface area (Å²) in [6, 6.07) is 10.6. The van der Waals surface area contributed by atoms with E-state index in [4.69, 9.17) is 10.5 Å². The predicted molar refractivity (Wildman–Crippen MR) is 61.5 cm³/mol. The van der Waals surface area contributed by atoms with Crippen LogP contribution in [0, 0.1) is 11.6 Å². The fourth-order valence-electron chi connectivity index (χ4n) is 1.39. The second-order valence-electron chi connectivity index (χ2n) is 3.56. The summed E-state index contributed by atoms with van der Waals surface area (Å²) >= 11 is 0. The zero-order valence-corrected chi connectivity index (χ0v) is 8.99. The molecule has 0 saturated carbocycles. The van der Waals surface area contributed by atoms with Crippen LogP contribution in [0.2, 0.25) is 0 Å². The molecular weight excluding hydrogens is 224 g/mol. The summed E-state index contributed by atoms with van der Waals surface area (Å²) in [6.07, 6.45) is 0. The first-order chi connectivity index (χ1) is 8.16. The second-order valence-corrected chi connectivity index (χ2v) is 3.56. The number of anilines is 1. The molecule has 2 rings (SSSR count). The molecule has 2 aromatic rings. The summed E-state index contributed by atoms with van der Waals surface area (Å²) in [4.78, 5) is 0. The van der Waals surface area contributed by atoms with Gasteiger partial charge in [0, 0.05) is 17.3 Å². The molecule has 0 bridgehead atoms. The number of nitrogen functional groups attached to an aromatic ring is 1. The van der Waals surface area contributed by atoms with Crippen LogP contribution >= 0.6 is 0 Å². The van der Waals surface area contributed by atoms with Crippen molar-refractivity contribution in [1.82, 2.24) is 0 Å². The Kier molecular flexibility index (Phi) is 3.23. The van der Waals surface area contributed by atoms with Crippen LogP contribution in [0.5, 0.6) is 5.75 Å². The molecule has 2 nitrogen and oxygen atoms in total. The first-order valence-electron chi connectivity index (χ1n) is 5.08. The number of benzene rings is 2. The van der Waals surface area contributed by atoms with Crippen LogP contribution in [-0.4, -0.2) is 0 Å². The monoisotopic (exact) mass is 235 g/mol. The summed E-state index contributed by atoms with van der Waals surface area (Å²) in [6.45, 7) is 0.220. The number of nitrogens with two attached hydrogens (primary N) is 1. The molecule has 0 atom stereocenters. The number of ether oxygens (including phenoxy) is 1. The highest BCUT2D eigenvalue weighted by atomic mass is 19.2. The average Bonchev–Trinajstić information content (AvgIpc) is 2.32. The maximum absolute atomic E-state index is 12.9. The van der Waals surface area contributed by atoms with Gasteiger partial charge in [0.1, 0.15) is 12.4 Å². The third kappa shape index (κ3) is 2.72. The maximum Gasteiger partial charge on any atom is 0.162 e. The Morgan fingerprint density at radius 1 is 1.00 bits per heavy atom. The molecular formula is C13H11F2NO. The largest absolute Gasteiger partial charge is 0.489 e. The molecule has 0 aliphatic rings. The van der Waals surface area contributed by atoms with Gasteiger partial charge in [0.25, 0.3) is 0 Å². The molecule has 0 amide bonds. The standard InChI is InChI=1S/C13H11F2NO/c14-11-6-5-10(7-12(11)15)17-8-9-3-1-2-4-13(9)16/h1-7H,8,16H2. The highest BCUT2D eigenvalue weighted by Crippen LogP contribution is 2.18. The molecule has 4 heteroatoms. The fourth-order valence-corrected chi connectivity index (χ4v) is 1.39. The number of para-hydroxylation sites is 1. The van der Waals surface area contributed by atoms with Crippen LogP contribution in [0.15, 0.2) is 42.5 Å². The van der Waals surface area contributed by atoms with Gasteiger partial charge in [-0.1, -0.05) is 18.2 Å².